The Hall–Kier alpha value is -0.580. The Labute approximate surface area is 117 Å². The van der Waals surface area contributed by atoms with Crippen LogP contribution in [-0.2, 0) is 0 Å². The number of benzene rings is 1. The average molecular weight is 313 g/mol. The van der Waals surface area contributed by atoms with Crippen molar-refractivity contribution in [3.05, 3.63) is 28.2 Å². The van der Waals surface area contributed by atoms with Gasteiger partial charge in [-0.2, -0.15) is 0 Å². The van der Waals surface area contributed by atoms with Gasteiger partial charge in [0.15, 0.2) is 0 Å². The molecule has 0 aromatic heterocycles. The number of rotatable bonds is 4. The second-order valence-corrected chi connectivity index (χ2v) is 5.65. The van der Waals surface area contributed by atoms with Gasteiger partial charge >= 0.3 is 0 Å². The van der Waals surface area contributed by atoms with Crippen molar-refractivity contribution < 1.29 is 5.11 Å². The van der Waals surface area contributed by atoms with E-state index in [4.69, 9.17) is 0 Å². The molecule has 1 atom stereocenters. The van der Waals surface area contributed by atoms with Crippen LogP contribution in [0.2, 0.25) is 0 Å². The molecule has 2 N–H and O–H groups in total. The summed E-state index contributed by atoms with van der Waals surface area (Å²) in [6.07, 6.45) is 2.28. The second-order valence-electron chi connectivity index (χ2n) is 4.80. The number of nitrogens with one attached hydrogen (secondary N) is 1. The molecule has 0 unspecified atom stereocenters. The monoisotopic (exact) mass is 312 g/mol. The highest BCUT2D eigenvalue weighted by molar-refractivity contribution is 9.10. The summed E-state index contributed by atoms with van der Waals surface area (Å²) >= 11 is 3.61. The topological polar surface area (TPSA) is 35.5 Å². The molecule has 1 aromatic rings. The zero-order valence-electron chi connectivity index (χ0n) is 10.8. The van der Waals surface area contributed by atoms with Gasteiger partial charge in [0.25, 0.3) is 0 Å². The van der Waals surface area contributed by atoms with Crippen molar-refractivity contribution >= 4 is 15.9 Å². The highest BCUT2D eigenvalue weighted by Gasteiger charge is 2.23. The van der Waals surface area contributed by atoms with Crippen LogP contribution in [0.4, 0.5) is 0 Å². The lowest BCUT2D eigenvalue weighted by Crippen LogP contribution is -2.45. The van der Waals surface area contributed by atoms with Crippen molar-refractivity contribution in [3.63, 3.8) is 0 Å². The molecule has 1 saturated heterocycles. The van der Waals surface area contributed by atoms with Crippen LogP contribution < -0.4 is 5.32 Å². The van der Waals surface area contributed by atoms with Gasteiger partial charge in [0.1, 0.15) is 5.75 Å². The molecule has 1 aliphatic heterocycles. The summed E-state index contributed by atoms with van der Waals surface area (Å²) in [5.74, 6) is 0.351. The van der Waals surface area contributed by atoms with Crippen molar-refractivity contribution in [1.82, 2.24) is 10.2 Å². The number of hydrogen-bond acceptors (Lipinski definition) is 3. The largest absolute Gasteiger partial charge is 0.508 e. The van der Waals surface area contributed by atoms with Crippen molar-refractivity contribution in [2.24, 2.45) is 0 Å². The summed E-state index contributed by atoms with van der Waals surface area (Å²) in [4.78, 5) is 2.51. The standard InChI is InChI=1S/C14H21BrN2O/c1-2-3-14(17-8-6-16-7-9-17)12-10-11(18)4-5-13(12)15/h4-5,10,14,16,18H,2-3,6-9H2,1H3/t14-/m0/s1. The van der Waals surface area contributed by atoms with Crippen LogP contribution >= 0.6 is 15.9 Å². The van der Waals surface area contributed by atoms with Crippen LogP contribution in [0.1, 0.15) is 31.4 Å². The fourth-order valence-electron chi connectivity index (χ4n) is 2.59. The van der Waals surface area contributed by atoms with Gasteiger partial charge in [-0.25, -0.2) is 0 Å². The molecule has 2 rings (SSSR count). The summed E-state index contributed by atoms with van der Waals surface area (Å²) in [5, 5.41) is 13.1. The van der Waals surface area contributed by atoms with Crippen molar-refractivity contribution in [2.75, 3.05) is 26.2 Å². The van der Waals surface area contributed by atoms with Gasteiger partial charge in [-0.3, -0.25) is 4.90 Å². The molecule has 18 heavy (non-hydrogen) atoms. The van der Waals surface area contributed by atoms with Crippen LogP contribution in [0.15, 0.2) is 22.7 Å². The normalized spacial score (nSPS) is 18.8. The molecule has 0 aliphatic carbocycles. The fourth-order valence-corrected chi connectivity index (χ4v) is 3.10. The van der Waals surface area contributed by atoms with Crippen LogP contribution in [-0.4, -0.2) is 36.2 Å². The van der Waals surface area contributed by atoms with Crippen molar-refractivity contribution in [3.8, 4) is 5.75 Å². The molecular formula is C14H21BrN2O. The third-order valence-electron chi connectivity index (χ3n) is 3.49. The van der Waals surface area contributed by atoms with E-state index in [-0.39, 0.29) is 0 Å². The SMILES string of the molecule is CCC[C@@H](c1cc(O)ccc1Br)N1CCNCC1. The lowest BCUT2D eigenvalue weighted by molar-refractivity contribution is 0.164. The number of aromatic hydroxyl groups is 1. The lowest BCUT2D eigenvalue weighted by Gasteiger charge is -2.35. The maximum atomic E-state index is 9.70. The minimum Gasteiger partial charge on any atom is -0.508 e. The molecule has 4 heteroatoms. The van der Waals surface area contributed by atoms with E-state index in [1.165, 1.54) is 5.56 Å². The predicted molar refractivity (Wildman–Crippen MR) is 77.9 cm³/mol. The molecule has 3 nitrogen and oxygen atoms in total. The minimum absolute atomic E-state index is 0.351. The molecular weight excluding hydrogens is 292 g/mol. The first-order valence-electron chi connectivity index (χ1n) is 6.65. The molecule has 0 amide bonds. The number of piperazine rings is 1. The Bertz CT molecular complexity index is 391. The Morgan fingerprint density at radius 1 is 1.39 bits per heavy atom. The van der Waals surface area contributed by atoms with Gasteiger partial charge in [0.2, 0.25) is 0 Å². The van der Waals surface area contributed by atoms with Crippen molar-refractivity contribution in [1.29, 1.82) is 0 Å². The molecule has 0 bridgehead atoms. The van der Waals surface area contributed by atoms with E-state index in [2.05, 4.69) is 33.1 Å². The third kappa shape index (κ3) is 3.25. The minimum atomic E-state index is 0.351. The summed E-state index contributed by atoms with van der Waals surface area (Å²) in [5.41, 5.74) is 1.21. The maximum Gasteiger partial charge on any atom is 0.115 e. The van der Waals surface area contributed by atoms with E-state index in [1.807, 2.05) is 12.1 Å². The van der Waals surface area contributed by atoms with E-state index in [0.717, 1.165) is 43.5 Å². The third-order valence-corrected chi connectivity index (χ3v) is 4.22. The zero-order chi connectivity index (χ0) is 13.0. The first-order chi connectivity index (χ1) is 8.72. The van der Waals surface area contributed by atoms with E-state index < -0.39 is 0 Å². The van der Waals surface area contributed by atoms with Gasteiger partial charge in [-0.15, -0.1) is 0 Å². The fraction of sp³-hybridized carbons (Fsp3) is 0.571. The highest BCUT2D eigenvalue weighted by Crippen LogP contribution is 2.33. The van der Waals surface area contributed by atoms with E-state index in [9.17, 15) is 5.11 Å². The first kappa shape index (κ1) is 13.8. The molecule has 1 aromatic carbocycles. The molecule has 1 aliphatic rings. The van der Waals surface area contributed by atoms with Crippen LogP contribution in [0.5, 0.6) is 5.75 Å². The smallest absolute Gasteiger partial charge is 0.115 e. The van der Waals surface area contributed by atoms with Gasteiger partial charge in [0, 0.05) is 36.7 Å². The Morgan fingerprint density at radius 3 is 2.78 bits per heavy atom. The second kappa shape index (κ2) is 6.55. The quantitative estimate of drug-likeness (QED) is 0.897. The Balaban J connectivity index is 2.24. The maximum absolute atomic E-state index is 9.70. The Kier molecular flexibility index (Phi) is 5.03. The highest BCUT2D eigenvalue weighted by atomic mass is 79.9. The van der Waals surface area contributed by atoms with Crippen LogP contribution in [0.3, 0.4) is 0 Å². The van der Waals surface area contributed by atoms with Gasteiger partial charge < -0.3 is 10.4 Å². The van der Waals surface area contributed by atoms with E-state index >= 15 is 0 Å². The number of halogens is 1. The molecule has 1 fully saturated rings. The lowest BCUT2D eigenvalue weighted by atomic mass is 9.99. The summed E-state index contributed by atoms with van der Waals surface area (Å²) in [6, 6.07) is 5.97. The number of nitrogens with zero attached hydrogens (tertiary/aromatic N) is 1. The molecule has 0 radical (unpaired) electrons. The van der Waals surface area contributed by atoms with Gasteiger partial charge in [0.05, 0.1) is 0 Å². The van der Waals surface area contributed by atoms with E-state index in [0.29, 0.717) is 11.8 Å². The van der Waals surface area contributed by atoms with Crippen molar-refractivity contribution in [2.45, 2.75) is 25.8 Å². The van der Waals surface area contributed by atoms with Crippen LogP contribution in [0.25, 0.3) is 0 Å². The van der Waals surface area contributed by atoms with Gasteiger partial charge in [-0.05, 0) is 30.2 Å². The summed E-state index contributed by atoms with van der Waals surface area (Å²) in [7, 11) is 0. The molecule has 0 spiro atoms. The van der Waals surface area contributed by atoms with E-state index in [1.54, 1.807) is 6.07 Å². The van der Waals surface area contributed by atoms with Gasteiger partial charge in [-0.1, -0.05) is 29.3 Å². The first-order valence-corrected chi connectivity index (χ1v) is 7.45. The predicted octanol–water partition coefficient (Wildman–Crippen LogP) is 2.90. The Morgan fingerprint density at radius 2 is 2.11 bits per heavy atom. The number of phenols is 1. The summed E-state index contributed by atoms with van der Waals surface area (Å²) in [6.45, 7) is 6.47. The van der Waals surface area contributed by atoms with Crippen LogP contribution in [0, 0.1) is 0 Å². The number of phenolic OH excluding ortho intramolecular Hbond substituents is 1. The molecule has 1 heterocycles. The number of hydrogen-bond donors (Lipinski definition) is 2. The molecule has 100 valence electrons. The zero-order valence-corrected chi connectivity index (χ0v) is 12.4. The summed E-state index contributed by atoms with van der Waals surface area (Å²) < 4.78 is 1.09. The average Bonchev–Trinajstić information content (AvgIpc) is 2.40. The molecule has 0 saturated carbocycles.